The highest BCUT2D eigenvalue weighted by molar-refractivity contribution is 7.99. The molecule has 1 aliphatic carbocycles. The second kappa shape index (κ2) is 6.53. The van der Waals surface area contributed by atoms with Gasteiger partial charge in [0.2, 0.25) is 5.16 Å². The lowest BCUT2D eigenvalue weighted by Crippen LogP contribution is -2.08. The average molecular weight is 305 g/mol. The van der Waals surface area contributed by atoms with Gasteiger partial charge in [-0.15, -0.1) is 5.10 Å². The smallest absolute Gasteiger partial charge is 0.214 e. The molecule has 1 atom stereocenters. The number of hydrogen-bond acceptors (Lipinski definition) is 6. The largest absolute Gasteiger partial charge is 0.387 e. The van der Waals surface area contributed by atoms with Gasteiger partial charge in [0.15, 0.2) is 0 Å². The summed E-state index contributed by atoms with van der Waals surface area (Å²) in [6.07, 6.45) is 6.75. The van der Waals surface area contributed by atoms with Crippen molar-refractivity contribution in [3.8, 4) is 0 Å². The van der Waals surface area contributed by atoms with E-state index in [1.807, 2.05) is 23.7 Å². The van der Waals surface area contributed by atoms with Crippen LogP contribution in [0.3, 0.4) is 0 Å². The van der Waals surface area contributed by atoms with Gasteiger partial charge in [-0.05, 0) is 53.6 Å². The van der Waals surface area contributed by atoms with Crippen LogP contribution in [0, 0.1) is 0 Å². The Balaban J connectivity index is 1.73. The van der Waals surface area contributed by atoms with E-state index in [0.29, 0.717) is 18.2 Å². The molecule has 2 aromatic rings. The highest BCUT2D eigenvalue weighted by Crippen LogP contribution is 2.33. The lowest BCUT2D eigenvalue weighted by molar-refractivity contribution is 0.169. The molecule has 1 N–H and O–H groups in total. The van der Waals surface area contributed by atoms with Crippen LogP contribution in [0.4, 0.5) is 0 Å². The maximum atomic E-state index is 9.76. The predicted molar refractivity (Wildman–Crippen MR) is 78.9 cm³/mol. The number of nitrogens with zero attached hydrogens (tertiary/aromatic N) is 5. The van der Waals surface area contributed by atoms with E-state index in [2.05, 4.69) is 20.5 Å². The van der Waals surface area contributed by atoms with E-state index in [4.69, 9.17) is 0 Å². The summed E-state index contributed by atoms with van der Waals surface area (Å²) in [5, 5.41) is 22.6. The molecule has 2 aromatic heterocycles. The minimum Gasteiger partial charge on any atom is -0.387 e. The SMILES string of the molecule is CC[C@H](O)c1ccc(Sc2nnnn2C2CCCC2)cn1. The molecule has 3 rings (SSSR count). The zero-order chi connectivity index (χ0) is 14.7. The maximum absolute atomic E-state index is 9.76. The number of rotatable bonds is 5. The first-order valence-corrected chi connectivity index (χ1v) is 8.19. The summed E-state index contributed by atoms with van der Waals surface area (Å²) in [7, 11) is 0. The molecule has 0 amide bonds. The average Bonchev–Trinajstić information content (AvgIpc) is 3.18. The van der Waals surface area contributed by atoms with Gasteiger partial charge in [-0.3, -0.25) is 4.98 Å². The highest BCUT2D eigenvalue weighted by atomic mass is 32.2. The number of pyridine rings is 1. The fourth-order valence-corrected chi connectivity index (χ4v) is 3.40. The molecule has 0 radical (unpaired) electrons. The highest BCUT2D eigenvalue weighted by Gasteiger charge is 2.22. The third-order valence-electron chi connectivity index (χ3n) is 3.83. The number of aliphatic hydroxyl groups excluding tert-OH is 1. The Morgan fingerprint density at radius 1 is 1.38 bits per heavy atom. The zero-order valence-corrected chi connectivity index (χ0v) is 12.8. The van der Waals surface area contributed by atoms with E-state index in [0.717, 1.165) is 22.9 Å². The standard InChI is InChI=1S/C14H19N5OS/c1-2-13(20)12-8-7-11(9-15-12)21-14-16-17-18-19(14)10-5-3-4-6-10/h7-10,13,20H,2-6H2,1H3/t13-/m0/s1. The van der Waals surface area contributed by atoms with Crippen LogP contribution in [0.1, 0.15) is 56.9 Å². The van der Waals surface area contributed by atoms with Crippen LogP contribution in [0.5, 0.6) is 0 Å². The molecular formula is C14H19N5OS. The van der Waals surface area contributed by atoms with Crippen molar-refractivity contribution in [2.75, 3.05) is 0 Å². The molecule has 1 aliphatic rings. The lowest BCUT2D eigenvalue weighted by Gasteiger charge is -2.11. The molecule has 1 fully saturated rings. The summed E-state index contributed by atoms with van der Waals surface area (Å²) >= 11 is 1.52. The lowest BCUT2D eigenvalue weighted by atomic mass is 10.2. The molecule has 0 bridgehead atoms. The van der Waals surface area contributed by atoms with Gasteiger partial charge < -0.3 is 5.11 Å². The summed E-state index contributed by atoms with van der Waals surface area (Å²) in [6, 6.07) is 4.25. The van der Waals surface area contributed by atoms with E-state index in [1.165, 1.54) is 24.6 Å². The Hall–Kier alpha value is -1.47. The summed E-state index contributed by atoms with van der Waals surface area (Å²) in [4.78, 5) is 5.29. The minimum absolute atomic E-state index is 0.427. The van der Waals surface area contributed by atoms with Gasteiger partial charge in [0.1, 0.15) is 0 Å². The Labute approximate surface area is 128 Å². The summed E-state index contributed by atoms with van der Waals surface area (Å²) in [6.45, 7) is 1.94. The van der Waals surface area contributed by atoms with E-state index in [-0.39, 0.29) is 0 Å². The van der Waals surface area contributed by atoms with Crippen LogP contribution in [-0.2, 0) is 0 Å². The Bertz CT molecular complexity index is 579. The monoisotopic (exact) mass is 305 g/mol. The van der Waals surface area contributed by atoms with Crippen molar-refractivity contribution in [2.24, 2.45) is 0 Å². The minimum atomic E-state index is -0.493. The van der Waals surface area contributed by atoms with Gasteiger partial charge >= 0.3 is 0 Å². The molecule has 0 aliphatic heterocycles. The van der Waals surface area contributed by atoms with E-state index in [1.54, 1.807) is 6.20 Å². The van der Waals surface area contributed by atoms with Gasteiger partial charge in [0.25, 0.3) is 0 Å². The third kappa shape index (κ3) is 3.24. The molecule has 21 heavy (non-hydrogen) atoms. The van der Waals surface area contributed by atoms with Crippen molar-refractivity contribution in [3.63, 3.8) is 0 Å². The molecular weight excluding hydrogens is 286 g/mol. The van der Waals surface area contributed by atoms with E-state index < -0.39 is 6.10 Å². The Kier molecular flexibility index (Phi) is 4.50. The first-order chi connectivity index (χ1) is 10.3. The molecule has 0 saturated heterocycles. The van der Waals surface area contributed by atoms with Crippen molar-refractivity contribution in [2.45, 2.75) is 61.2 Å². The van der Waals surface area contributed by atoms with Crippen molar-refractivity contribution < 1.29 is 5.11 Å². The van der Waals surface area contributed by atoms with Gasteiger partial charge in [-0.25, -0.2) is 4.68 Å². The first-order valence-electron chi connectivity index (χ1n) is 7.37. The quantitative estimate of drug-likeness (QED) is 0.915. The van der Waals surface area contributed by atoms with Crippen LogP contribution in [0.2, 0.25) is 0 Å². The van der Waals surface area contributed by atoms with Crippen molar-refractivity contribution in [3.05, 3.63) is 24.0 Å². The molecule has 7 heteroatoms. The molecule has 1 saturated carbocycles. The van der Waals surface area contributed by atoms with Crippen LogP contribution in [0.15, 0.2) is 28.4 Å². The number of hydrogen-bond donors (Lipinski definition) is 1. The van der Waals surface area contributed by atoms with Crippen molar-refractivity contribution >= 4 is 11.8 Å². The van der Waals surface area contributed by atoms with Crippen LogP contribution in [-0.4, -0.2) is 30.3 Å². The Morgan fingerprint density at radius 2 is 2.19 bits per heavy atom. The summed E-state index contributed by atoms with van der Waals surface area (Å²) in [5.74, 6) is 0. The van der Waals surface area contributed by atoms with Gasteiger partial charge in [0, 0.05) is 11.1 Å². The fraction of sp³-hybridized carbons (Fsp3) is 0.571. The van der Waals surface area contributed by atoms with Gasteiger partial charge in [-0.1, -0.05) is 19.8 Å². The molecule has 6 nitrogen and oxygen atoms in total. The number of aliphatic hydroxyl groups is 1. The molecule has 2 heterocycles. The Morgan fingerprint density at radius 3 is 2.86 bits per heavy atom. The van der Waals surface area contributed by atoms with E-state index in [9.17, 15) is 5.11 Å². The number of aromatic nitrogens is 5. The second-order valence-corrected chi connectivity index (χ2v) is 6.33. The summed E-state index contributed by atoms with van der Waals surface area (Å²) < 4.78 is 1.94. The van der Waals surface area contributed by atoms with Gasteiger partial charge in [-0.2, -0.15) is 0 Å². The van der Waals surface area contributed by atoms with E-state index >= 15 is 0 Å². The van der Waals surface area contributed by atoms with Crippen LogP contribution < -0.4 is 0 Å². The molecule has 112 valence electrons. The molecule has 0 aromatic carbocycles. The van der Waals surface area contributed by atoms with Gasteiger partial charge in [0.05, 0.1) is 17.8 Å². The first kappa shape index (κ1) is 14.5. The zero-order valence-electron chi connectivity index (χ0n) is 12.0. The fourth-order valence-electron chi connectivity index (χ4n) is 2.59. The third-order valence-corrected chi connectivity index (χ3v) is 4.76. The maximum Gasteiger partial charge on any atom is 0.214 e. The molecule has 0 unspecified atom stereocenters. The normalized spacial score (nSPS) is 17.2. The topological polar surface area (TPSA) is 76.7 Å². The molecule has 0 spiro atoms. The van der Waals surface area contributed by atoms with Crippen molar-refractivity contribution in [1.29, 1.82) is 0 Å². The number of tetrazole rings is 1. The van der Waals surface area contributed by atoms with Crippen LogP contribution >= 0.6 is 11.8 Å². The van der Waals surface area contributed by atoms with Crippen molar-refractivity contribution in [1.82, 2.24) is 25.2 Å². The second-order valence-electron chi connectivity index (χ2n) is 5.29. The summed E-state index contributed by atoms with van der Waals surface area (Å²) in [5.41, 5.74) is 0.706. The van der Waals surface area contributed by atoms with Crippen LogP contribution in [0.25, 0.3) is 0 Å². The predicted octanol–water partition coefficient (Wildman–Crippen LogP) is 2.78.